The van der Waals surface area contributed by atoms with E-state index < -0.39 is 0 Å². The van der Waals surface area contributed by atoms with Crippen LogP contribution in [0.3, 0.4) is 0 Å². The summed E-state index contributed by atoms with van der Waals surface area (Å²) in [5.74, 6) is -0.292. The van der Waals surface area contributed by atoms with Gasteiger partial charge in [-0.3, -0.25) is 4.84 Å². The average Bonchev–Trinajstić information content (AvgIpc) is 2.47. The van der Waals surface area contributed by atoms with E-state index in [9.17, 15) is 4.79 Å². The molecule has 0 saturated carbocycles. The summed E-state index contributed by atoms with van der Waals surface area (Å²) in [6, 6.07) is 6.87. The maximum Gasteiger partial charge on any atom is 0.338 e. The second-order valence-electron chi connectivity index (χ2n) is 4.78. The van der Waals surface area contributed by atoms with Gasteiger partial charge in [0.25, 0.3) is 0 Å². The molecule has 0 unspecified atom stereocenters. The summed E-state index contributed by atoms with van der Waals surface area (Å²) < 4.78 is 6.20. The monoisotopic (exact) mass is 285 g/mol. The number of likely N-dealkylation sites (N-methyl/N-ethyl adjacent to an activating group) is 1. The van der Waals surface area contributed by atoms with E-state index in [1.807, 2.05) is 0 Å². The lowest BCUT2D eigenvalue weighted by Gasteiger charge is -2.31. The van der Waals surface area contributed by atoms with Gasteiger partial charge in [0, 0.05) is 17.5 Å². The van der Waals surface area contributed by atoms with Crippen LogP contribution in [0.15, 0.2) is 24.3 Å². The molecule has 4 nitrogen and oxygen atoms in total. The Labute approximate surface area is 120 Å². The number of benzene rings is 1. The summed E-state index contributed by atoms with van der Waals surface area (Å²) >= 11 is 5.46. The van der Waals surface area contributed by atoms with Crippen LogP contribution in [0.1, 0.15) is 24.2 Å². The van der Waals surface area contributed by atoms with Gasteiger partial charge in [-0.05, 0) is 38.1 Å². The molecule has 19 heavy (non-hydrogen) atoms. The second kappa shape index (κ2) is 7.36. The molecule has 0 saturated heterocycles. The number of carbonyl (C=O) groups excluding carboxylic acids is 1. The molecule has 0 amide bonds. The molecule has 0 aliphatic heterocycles. The summed E-state index contributed by atoms with van der Waals surface area (Å²) in [5, 5.41) is 0. The first-order chi connectivity index (χ1) is 9.04. The second-order valence-corrected chi connectivity index (χ2v) is 4.97. The third-order valence-electron chi connectivity index (χ3n) is 3.62. The van der Waals surface area contributed by atoms with E-state index in [1.165, 1.54) is 0 Å². The van der Waals surface area contributed by atoms with Crippen molar-refractivity contribution in [3.63, 3.8) is 0 Å². The Kier molecular flexibility index (Phi) is 6.12. The van der Waals surface area contributed by atoms with Crippen LogP contribution >= 0.6 is 11.8 Å². The zero-order valence-corrected chi connectivity index (χ0v) is 12.5. The van der Waals surface area contributed by atoms with Crippen LogP contribution in [0.5, 0.6) is 0 Å². The van der Waals surface area contributed by atoms with Crippen molar-refractivity contribution in [3.8, 4) is 0 Å². The lowest BCUT2D eigenvalue weighted by Crippen LogP contribution is -2.46. The first kappa shape index (κ1) is 15.8. The molecule has 1 aromatic rings. The third-order valence-corrected chi connectivity index (χ3v) is 3.84. The summed E-state index contributed by atoms with van der Waals surface area (Å²) in [5.41, 5.74) is 1.29. The number of nitrogens with zero attached hydrogens (tertiary/aromatic N) is 1. The summed E-state index contributed by atoms with van der Waals surface area (Å²) in [6.45, 7) is 7.62. The van der Waals surface area contributed by atoms with E-state index in [0.717, 1.165) is 29.8 Å². The molecule has 0 aromatic heterocycles. The maximum absolute atomic E-state index is 11.8. The van der Waals surface area contributed by atoms with Gasteiger partial charge < -0.3 is 9.22 Å². The lowest BCUT2D eigenvalue weighted by atomic mass is 10.2. The van der Waals surface area contributed by atoms with Crippen molar-refractivity contribution in [3.05, 3.63) is 29.8 Å². The van der Waals surface area contributed by atoms with Crippen molar-refractivity contribution in [2.75, 3.05) is 38.1 Å². The number of hydrogen-bond acceptors (Lipinski definition) is 3. The molecular weight excluding hydrogens is 264 g/mol. The van der Waals surface area contributed by atoms with E-state index in [-0.39, 0.29) is 5.97 Å². The fraction of sp³-hybridized carbons (Fsp3) is 0.500. The van der Waals surface area contributed by atoms with Crippen LogP contribution in [-0.2, 0) is 4.74 Å². The number of hydrogen-bond donors (Lipinski definition) is 1. The third kappa shape index (κ3) is 4.73. The Morgan fingerprint density at radius 1 is 1.26 bits per heavy atom. The maximum atomic E-state index is 11.8. The first-order valence-electron chi connectivity index (χ1n) is 6.52. The molecule has 0 bridgehead atoms. The van der Waals surface area contributed by atoms with E-state index in [4.69, 9.17) is 16.5 Å². The Morgan fingerprint density at radius 2 is 1.84 bits per heavy atom. The minimum Gasteiger partial charge on any atom is -0.456 e. The van der Waals surface area contributed by atoms with Gasteiger partial charge in [0.1, 0.15) is 13.2 Å². The minimum absolute atomic E-state index is 0.292. The zero-order chi connectivity index (χ0) is 14.3. The molecule has 0 fully saturated rings. The molecule has 0 aliphatic rings. The van der Waals surface area contributed by atoms with Crippen molar-refractivity contribution in [1.82, 2.24) is 0 Å². The molecule has 1 aromatic carbocycles. The van der Waals surface area contributed by atoms with Gasteiger partial charge in [-0.1, -0.05) is 0 Å². The van der Waals surface area contributed by atoms with Gasteiger partial charge in [-0.25, -0.2) is 4.79 Å². The van der Waals surface area contributed by atoms with Crippen molar-refractivity contribution >= 4 is 23.4 Å². The molecule has 1 N–H and O–H groups in total. The van der Waals surface area contributed by atoms with Gasteiger partial charge in [0.15, 0.2) is 0 Å². The standard InChI is InChI=1S/C14H21ClN2O2/c1-4-17(3,5-2)10-11-19-14(18)12-6-8-13(16-15)9-7-12/h6-9H,4-5,10-11H2,1-3H3/p+1. The van der Waals surface area contributed by atoms with Crippen molar-refractivity contribution < 1.29 is 14.0 Å². The predicted octanol–water partition coefficient (Wildman–Crippen LogP) is 2.90. The lowest BCUT2D eigenvalue weighted by molar-refractivity contribution is -0.906. The van der Waals surface area contributed by atoms with Crippen LogP contribution < -0.4 is 4.84 Å². The van der Waals surface area contributed by atoms with Gasteiger partial charge in [-0.2, -0.15) is 0 Å². The Bertz CT molecular complexity index is 402. The highest BCUT2D eigenvalue weighted by molar-refractivity contribution is 6.23. The van der Waals surface area contributed by atoms with Crippen molar-refractivity contribution in [2.45, 2.75) is 13.8 Å². The van der Waals surface area contributed by atoms with Crippen LogP contribution in [0.2, 0.25) is 0 Å². The predicted molar refractivity (Wildman–Crippen MR) is 78.3 cm³/mol. The molecule has 0 heterocycles. The quantitative estimate of drug-likeness (QED) is 0.476. The number of rotatable bonds is 7. The highest BCUT2D eigenvalue weighted by Crippen LogP contribution is 2.11. The van der Waals surface area contributed by atoms with E-state index in [1.54, 1.807) is 24.3 Å². The smallest absolute Gasteiger partial charge is 0.338 e. The number of halogens is 1. The molecule has 0 aliphatic carbocycles. The zero-order valence-electron chi connectivity index (χ0n) is 11.8. The van der Waals surface area contributed by atoms with E-state index in [0.29, 0.717) is 12.2 Å². The van der Waals surface area contributed by atoms with Gasteiger partial charge in [0.05, 0.1) is 25.7 Å². The number of carbonyl (C=O) groups is 1. The summed E-state index contributed by atoms with van der Waals surface area (Å²) in [7, 11) is 2.16. The van der Waals surface area contributed by atoms with Crippen molar-refractivity contribution in [1.29, 1.82) is 0 Å². The van der Waals surface area contributed by atoms with E-state index in [2.05, 4.69) is 25.7 Å². The average molecular weight is 286 g/mol. The molecule has 0 radical (unpaired) electrons. The normalized spacial score (nSPS) is 11.2. The van der Waals surface area contributed by atoms with Gasteiger partial charge >= 0.3 is 5.97 Å². The fourth-order valence-electron chi connectivity index (χ4n) is 1.65. The molecule has 1 rings (SSSR count). The Balaban J connectivity index is 2.46. The molecule has 5 heteroatoms. The number of ether oxygens (including phenoxy) is 1. The largest absolute Gasteiger partial charge is 0.456 e. The van der Waals surface area contributed by atoms with Crippen LogP contribution in [0, 0.1) is 0 Å². The molecule has 106 valence electrons. The van der Waals surface area contributed by atoms with Crippen LogP contribution in [-0.4, -0.2) is 43.7 Å². The number of quaternary nitrogens is 1. The molecular formula is C14H22ClN2O2+. The SMILES string of the molecule is CC[N+](C)(CC)CCOC(=O)c1ccc(NCl)cc1. The highest BCUT2D eigenvalue weighted by Gasteiger charge is 2.17. The summed E-state index contributed by atoms with van der Waals surface area (Å²) in [4.78, 5) is 14.3. The first-order valence-corrected chi connectivity index (χ1v) is 6.90. The minimum atomic E-state index is -0.292. The number of esters is 1. The molecule has 0 atom stereocenters. The van der Waals surface area contributed by atoms with Gasteiger partial charge in [0.2, 0.25) is 0 Å². The summed E-state index contributed by atoms with van der Waals surface area (Å²) in [6.07, 6.45) is 0. The van der Waals surface area contributed by atoms with Gasteiger partial charge in [-0.15, -0.1) is 0 Å². The van der Waals surface area contributed by atoms with E-state index >= 15 is 0 Å². The van der Waals surface area contributed by atoms with Crippen molar-refractivity contribution in [2.24, 2.45) is 0 Å². The Morgan fingerprint density at radius 3 is 2.32 bits per heavy atom. The Hall–Kier alpha value is -1.26. The topological polar surface area (TPSA) is 38.3 Å². The van der Waals surface area contributed by atoms with Crippen LogP contribution in [0.25, 0.3) is 0 Å². The highest BCUT2D eigenvalue weighted by atomic mass is 35.5. The molecule has 0 spiro atoms. The van der Waals surface area contributed by atoms with Crippen LogP contribution in [0.4, 0.5) is 5.69 Å². The fourth-order valence-corrected chi connectivity index (χ4v) is 1.78. The number of nitrogens with one attached hydrogen (secondary N) is 1. The number of anilines is 1.